The Morgan fingerprint density at radius 1 is 1.21 bits per heavy atom. The lowest BCUT2D eigenvalue weighted by atomic mass is 10.2. The smallest absolute Gasteiger partial charge is 0.113 e. The first kappa shape index (κ1) is 12.3. The topological polar surface area (TPSA) is 43.6 Å². The average Bonchev–Trinajstić information content (AvgIpc) is 2.86. The molecule has 5 heteroatoms. The van der Waals surface area contributed by atoms with Crippen LogP contribution in [0.15, 0.2) is 41.4 Å². The van der Waals surface area contributed by atoms with Crippen LogP contribution in [0.1, 0.15) is 19.2 Å². The van der Waals surface area contributed by atoms with E-state index in [1.54, 1.807) is 6.20 Å². The van der Waals surface area contributed by atoms with E-state index in [9.17, 15) is 0 Å². The zero-order chi connectivity index (χ0) is 13.2. The summed E-state index contributed by atoms with van der Waals surface area (Å²) >= 11 is 3.42. The molecule has 19 heavy (non-hydrogen) atoms. The van der Waals surface area contributed by atoms with E-state index < -0.39 is 0 Å². The van der Waals surface area contributed by atoms with Gasteiger partial charge in [0.2, 0.25) is 0 Å². The fourth-order valence-electron chi connectivity index (χ4n) is 2.15. The molecule has 0 spiro atoms. The highest BCUT2D eigenvalue weighted by atomic mass is 79.9. The second kappa shape index (κ2) is 5.09. The van der Waals surface area contributed by atoms with Gasteiger partial charge in [0.25, 0.3) is 0 Å². The van der Waals surface area contributed by atoms with Gasteiger partial charge in [0.1, 0.15) is 11.3 Å². The molecule has 0 saturated carbocycles. The van der Waals surface area contributed by atoms with Crippen molar-refractivity contribution in [1.82, 2.24) is 19.5 Å². The Morgan fingerprint density at radius 3 is 2.95 bits per heavy atom. The summed E-state index contributed by atoms with van der Waals surface area (Å²) in [4.78, 5) is 13.3. The van der Waals surface area contributed by atoms with Crippen molar-refractivity contribution in [2.45, 2.75) is 19.8 Å². The molecule has 4 nitrogen and oxygen atoms in total. The van der Waals surface area contributed by atoms with Gasteiger partial charge in [-0.05, 0) is 34.5 Å². The Morgan fingerprint density at radius 2 is 2.11 bits per heavy atom. The van der Waals surface area contributed by atoms with Crippen molar-refractivity contribution in [2.24, 2.45) is 0 Å². The molecular formula is C14H13BrN4. The summed E-state index contributed by atoms with van der Waals surface area (Å²) in [6, 6.07) is 3.95. The summed E-state index contributed by atoms with van der Waals surface area (Å²) in [7, 11) is 0. The summed E-state index contributed by atoms with van der Waals surface area (Å²) in [5.41, 5.74) is 2.79. The minimum absolute atomic E-state index is 0.878. The Balaban J connectivity index is 2.22. The van der Waals surface area contributed by atoms with Crippen LogP contribution in [0, 0.1) is 0 Å². The third kappa shape index (κ3) is 2.26. The number of imidazole rings is 1. The summed E-state index contributed by atoms with van der Waals surface area (Å²) in [5, 5.41) is 0. The molecule has 96 valence electrons. The van der Waals surface area contributed by atoms with Gasteiger partial charge in [-0.1, -0.05) is 6.92 Å². The molecule has 0 saturated heterocycles. The van der Waals surface area contributed by atoms with Gasteiger partial charge in [-0.3, -0.25) is 9.97 Å². The van der Waals surface area contributed by atoms with Crippen LogP contribution in [-0.2, 0) is 6.42 Å². The first-order valence-electron chi connectivity index (χ1n) is 6.22. The minimum Gasteiger partial charge on any atom is -0.301 e. The van der Waals surface area contributed by atoms with E-state index in [0.717, 1.165) is 39.9 Å². The Bertz CT molecular complexity index is 720. The Hall–Kier alpha value is -1.75. The molecule has 0 aliphatic carbocycles. The first-order valence-corrected chi connectivity index (χ1v) is 7.01. The third-order valence-electron chi connectivity index (χ3n) is 2.97. The molecule has 0 aliphatic heterocycles. The Kier molecular flexibility index (Phi) is 3.29. The van der Waals surface area contributed by atoms with Gasteiger partial charge >= 0.3 is 0 Å². The molecular weight excluding hydrogens is 304 g/mol. The normalized spacial score (nSPS) is 11.1. The number of aryl methyl sites for hydroxylation is 1. The van der Waals surface area contributed by atoms with Gasteiger partial charge < -0.3 is 4.57 Å². The number of halogens is 1. The van der Waals surface area contributed by atoms with Crippen LogP contribution in [0.25, 0.3) is 16.7 Å². The Labute approximate surface area is 119 Å². The highest BCUT2D eigenvalue weighted by Gasteiger charge is 2.09. The highest BCUT2D eigenvalue weighted by molar-refractivity contribution is 9.10. The van der Waals surface area contributed by atoms with Crippen LogP contribution >= 0.6 is 15.9 Å². The zero-order valence-electron chi connectivity index (χ0n) is 10.5. The van der Waals surface area contributed by atoms with Gasteiger partial charge in [-0.2, -0.15) is 0 Å². The molecule has 3 aromatic rings. The van der Waals surface area contributed by atoms with Crippen molar-refractivity contribution >= 4 is 27.0 Å². The van der Waals surface area contributed by atoms with E-state index in [1.807, 2.05) is 30.7 Å². The highest BCUT2D eigenvalue weighted by Crippen LogP contribution is 2.22. The number of pyridine rings is 2. The maximum absolute atomic E-state index is 4.48. The van der Waals surface area contributed by atoms with E-state index in [4.69, 9.17) is 0 Å². The predicted molar refractivity (Wildman–Crippen MR) is 78.4 cm³/mol. The number of aromatic nitrogens is 4. The van der Waals surface area contributed by atoms with Crippen LogP contribution in [0.2, 0.25) is 0 Å². The fraction of sp³-hybridized carbons (Fsp3) is 0.214. The summed E-state index contributed by atoms with van der Waals surface area (Å²) < 4.78 is 3.03. The summed E-state index contributed by atoms with van der Waals surface area (Å²) in [5.74, 6) is 1.06. The summed E-state index contributed by atoms with van der Waals surface area (Å²) in [6.45, 7) is 2.15. The molecule has 0 amide bonds. The van der Waals surface area contributed by atoms with E-state index in [1.165, 1.54) is 0 Å². The number of hydrogen-bond donors (Lipinski definition) is 0. The third-order valence-corrected chi connectivity index (χ3v) is 3.41. The minimum atomic E-state index is 0.878. The van der Waals surface area contributed by atoms with Crippen LogP contribution < -0.4 is 0 Å². The molecule has 0 aliphatic rings. The molecule has 0 unspecified atom stereocenters. The second-order valence-corrected chi connectivity index (χ2v) is 5.23. The van der Waals surface area contributed by atoms with Crippen molar-refractivity contribution in [3.63, 3.8) is 0 Å². The number of hydrogen-bond acceptors (Lipinski definition) is 3. The zero-order valence-corrected chi connectivity index (χ0v) is 12.1. The van der Waals surface area contributed by atoms with Crippen LogP contribution in [0.5, 0.6) is 0 Å². The van der Waals surface area contributed by atoms with Crippen molar-refractivity contribution in [3.8, 4) is 5.69 Å². The molecule has 3 aromatic heterocycles. The van der Waals surface area contributed by atoms with Crippen LogP contribution in [0.3, 0.4) is 0 Å². The van der Waals surface area contributed by atoms with Gasteiger partial charge in [0, 0.05) is 35.7 Å². The quantitative estimate of drug-likeness (QED) is 0.742. The lowest BCUT2D eigenvalue weighted by Gasteiger charge is -2.09. The second-order valence-electron chi connectivity index (χ2n) is 4.31. The van der Waals surface area contributed by atoms with Gasteiger partial charge in [0.15, 0.2) is 0 Å². The standard InChI is InChI=1S/C14H13BrN4/c1-2-3-13-17-6-7-19(13)12-4-5-16-11-8-10(15)9-18-14(11)12/h4-9H,2-3H2,1H3. The monoisotopic (exact) mass is 316 g/mol. The maximum Gasteiger partial charge on any atom is 0.113 e. The van der Waals surface area contributed by atoms with E-state index in [0.29, 0.717) is 0 Å². The van der Waals surface area contributed by atoms with Crippen molar-refractivity contribution in [3.05, 3.63) is 47.2 Å². The molecule has 3 rings (SSSR count). The lowest BCUT2D eigenvalue weighted by Crippen LogP contribution is -2.02. The molecule has 3 heterocycles. The predicted octanol–water partition coefficient (Wildman–Crippen LogP) is 3.53. The lowest BCUT2D eigenvalue weighted by molar-refractivity contribution is 0.810. The van der Waals surface area contributed by atoms with Crippen LogP contribution in [-0.4, -0.2) is 19.5 Å². The van der Waals surface area contributed by atoms with E-state index in [2.05, 4.69) is 42.4 Å². The number of rotatable bonds is 3. The SMILES string of the molecule is CCCc1nccn1-c1ccnc2cc(Br)cnc12. The summed E-state index contributed by atoms with van der Waals surface area (Å²) in [6.07, 6.45) is 9.43. The fourth-order valence-corrected chi connectivity index (χ4v) is 2.47. The molecule has 0 fully saturated rings. The first-order chi connectivity index (χ1) is 9.29. The molecule has 0 atom stereocenters. The molecule has 0 bridgehead atoms. The molecule has 0 aromatic carbocycles. The average molecular weight is 317 g/mol. The van der Waals surface area contributed by atoms with Gasteiger partial charge in [-0.25, -0.2) is 4.98 Å². The molecule has 0 radical (unpaired) electrons. The number of fused-ring (bicyclic) bond motifs is 1. The molecule has 0 N–H and O–H groups in total. The number of nitrogens with zero attached hydrogens (tertiary/aromatic N) is 4. The van der Waals surface area contributed by atoms with E-state index in [-0.39, 0.29) is 0 Å². The van der Waals surface area contributed by atoms with Gasteiger partial charge in [-0.15, -0.1) is 0 Å². The van der Waals surface area contributed by atoms with Crippen molar-refractivity contribution in [2.75, 3.05) is 0 Å². The largest absolute Gasteiger partial charge is 0.301 e. The van der Waals surface area contributed by atoms with Gasteiger partial charge in [0.05, 0.1) is 11.2 Å². The van der Waals surface area contributed by atoms with E-state index >= 15 is 0 Å². The maximum atomic E-state index is 4.48. The van der Waals surface area contributed by atoms with Crippen molar-refractivity contribution < 1.29 is 0 Å². The van der Waals surface area contributed by atoms with Crippen LogP contribution in [0.4, 0.5) is 0 Å². The van der Waals surface area contributed by atoms with Crippen molar-refractivity contribution in [1.29, 1.82) is 0 Å².